The van der Waals surface area contributed by atoms with Crippen LogP contribution in [0.15, 0.2) is 31.9 Å². The third-order valence-corrected chi connectivity index (χ3v) is 3.16. The summed E-state index contributed by atoms with van der Waals surface area (Å²) in [5.41, 5.74) is 2.29. The van der Waals surface area contributed by atoms with Crippen molar-refractivity contribution in [2.45, 2.75) is 13.8 Å². The Hall–Kier alpha value is -1.09. The molecule has 3 heteroatoms. The zero-order chi connectivity index (χ0) is 10.3. The van der Waals surface area contributed by atoms with E-state index >= 15 is 0 Å². The molecule has 2 aromatic rings. The maximum atomic E-state index is 11.2. The summed E-state index contributed by atoms with van der Waals surface area (Å²) in [6.45, 7) is 3.83. The molecule has 1 aromatic heterocycles. The van der Waals surface area contributed by atoms with Gasteiger partial charge in [0.05, 0.1) is 0 Å². The molecule has 0 unspecified atom stereocenters. The highest BCUT2D eigenvalue weighted by atomic mass is 79.9. The molecule has 0 aliphatic heterocycles. The largest absolute Gasteiger partial charge is 0.422 e. The molecule has 0 atom stereocenters. The van der Waals surface area contributed by atoms with E-state index in [0.717, 1.165) is 21.0 Å². The lowest BCUT2D eigenvalue weighted by molar-refractivity contribution is 0.557. The summed E-state index contributed by atoms with van der Waals surface area (Å²) in [5, 5.41) is 0.991. The van der Waals surface area contributed by atoms with Crippen LogP contribution in [0.2, 0.25) is 0 Å². The van der Waals surface area contributed by atoms with Crippen molar-refractivity contribution in [3.63, 3.8) is 0 Å². The van der Waals surface area contributed by atoms with Gasteiger partial charge in [-0.15, -0.1) is 0 Å². The maximum absolute atomic E-state index is 11.2. The van der Waals surface area contributed by atoms with Gasteiger partial charge in [-0.2, -0.15) is 0 Å². The number of hydrogen-bond acceptors (Lipinski definition) is 2. The van der Waals surface area contributed by atoms with Crippen LogP contribution in [-0.4, -0.2) is 0 Å². The SMILES string of the molecule is Cc1cc(=O)oc2c(C)c(Br)ccc12. The highest BCUT2D eigenvalue weighted by Gasteiger charge is 2.06. The predicted molar refractivity (Wildman–Crippen MR) is 59.7 cm³/mol. The van der Waals surface area contributed by atoms with E-state index in [2.05, 4.69) is 15.9 Å². The Labute approximate surface area is 89.7 Å². The summed E-state index contributed by atoms with van der Waals surface area (Å²) >= 11 is 3.40. The predicted octanol–water partition coefficient (Wildman–Crippen LogP) is 3.17. The van der Waals surface area contributed by atoms with Crippen LogP contribution in [0.4, 0.5) is 0 Å². The van der Waals surface area contributed by atoms with Crippen LogP contribution in [0.5, 0.6) is 0 Å². The van der Waals surface area contributed by atoms with Crippen molar-refractivity contribution >= 4 is 26.9 Å². The second kappa shape index (κ2) is 3.24. The first-order valence-electron chi connectivity index (χ1n) is 4.29. The lowest BCUT2D eigenvalue weighted by atomic mass is 10.1. The Bertz CT molecular complexity index is 555. The van der Waals surface area contributed by atoms with Gasteiger partial charge >= 0.3 is 5.63 Å². The molecule has 2 rings (SSSR count). The topological polar surface area (TPSA) is 30.2 Å². The molecule has 0 spiro atoms. The van der Waals surface area contributed by atoms with Gasteiger partial charge in [0, 0.05) is 21.5 Å². The maximum Gasteiger partial charge on any atom is 0.336 e. The minimum atomic E-state index is -0.295. The minimum absolute atomic E-state index is 0.295. The molecule has 0 radical (unpaired) electrons. The summed E-state index contributed by atoms with van der Waals surface area (Å²) < 4.78 is 6.13. The van der Waals surface area contributed by atoms with E-state index in [0.29, 0.717) is 5.58 Å². The summed E-state index contributed by atoms with van der Waals surface area (Å²) in [6.07, 6.45) is 0. The standard InChI is InChI=1S/C11H9BrO2/c1-6-5-10(13)14-11-7(2)9(12)4-3-8(6)11/h3-5H,1-2H3. The van der Waals surface area contributed by atoms with E-state index in [4.69, 9.17) is 4.42 Å². The van der Waals surface area contributed by atoms with Crippen LogP contribution in [0, 0.1) is 13.8 Å². The smallest absolute Gasteiger partial charge is 0.336 e. The molecular weight excluding hydrogens is 244 g/mol. The van der Waals surface area contributed by atoms with Crippen molar-refractivity contribution in [3.8, 4) is 0 Å². The average molecular weight is 253 g/mol. The van der Waals surface area contributed by atoms with Crippen LogP contribution in [-0.2, 0) is 0 Å². The third-order valence-electron chi connectivity index (χ3n) is 2.30. The Morgan fingerprint density at radius 2 is 2.00 bits per heavy atom. The number of halogens is 1. The van der Waals surface area contributed by atoms with Gasteiger partial charge in [0.2, 0.25) is 0 Å². The van der Waals surface area contributed by atoms with Crippen LogP contribution in [0.1, 0.15) is 11.1 Å². The number of hydrogen-bond donors (Lipinski definition) is 0. The molecular formula is C11H9BrO2. The van der Waals surface area contributed by atoms with E-state index in [1.165, 1.54) is 6.07 Å². The van der Waals surface area contributed by atoms with Crippen molar-refractivity contribution in [2.75, 3.05) is 0 Å². The van der Waals surface area contributed by atoms with E-state index < -0.39 is 0 Å². The summed E-state index contributed by atoms with van der Waals surface area (Å²) in [5.74, 6) is 0. The monoisotopic (exact) mass is 252 g/mol. The fraction of sp³-hybridized carbons (Fsp3) is 0.182. The van der Waals surface area contributed by atoms with Crippen molar-refractivity contribution in [2.24, 2.45) is 0 Å². The Balaban J connectivity index is 3.02. The molecule has 0 amide bonds. The first-order chi connectivity index (χ1) is 6.59. The van der Waals surface area contributed by atoms with Gasteiger partial charge in [-0.25, -0.2) is 4.79 Å². The van der Waals surface area contributed by atoms with E-state index in [-0.39, 0.29) is 5.63 Å². The first kappa shape index (κ1) is 9.46. The fourth-order valence-corrected chi connectivity index (χ4v) is 1.81. The quantitative estimate of drug-likeness (QED) is 0.675. The van der Waals surface area contributed by atoms with Crippen molar-refractivity contribution < 1.29 is 4.42 Å². The zero-order valence-electron chi connectivity index (χ0n) is 7.93. The number of fused-ring (bicyclic) bond motifs is 1. The first-order valence-corrected chi connectivity index (χ1v) is 5.08. The molecule has 0 saturated carbocycles. The molecule has 0 bridgehead atoms. The molecule has 0 aliphatic carbocycles. The Morgan fingerprint density at radius 3 is 2.71 bits per heavy atom. The summed E-state index contributed by atoms with van der Waals surface area (Å²) in [4.78, 5) is 11.2. The second-order valence-electron chi connectivity index (χ2n) is 3.30. The van der Waals surface area contributed by atoms with Gasteiger partial charge in [-0.3, -0.25) is 0 Å². The molecule has 0 saturated heterocycles. The summed E-state index contributed by atoms with van der Waals surface area (Å²) in [6, 6.07) is 5.42. The second-order valence-corrected chi connectivity index (χ2v) is 4.15. The number of aryl methyl sites for hydroxylation is 2. The van der Waals surface area contributed by atoms with E-state index in [1.807, 2.05) is 26.0 Å². The molecule has 0 aliphatic rings. The Morgan fingerprint density at radius 1 is 1.29 bits per heavy atom. The van der Waals surface area contributed by atoms with Crippen LogP contribution >= 0.6 is 15.9 Å². The zero-order valence-corrected chi connectivity index (χ0v) is 9.51. The van der Waals surface area contributed by atoms with Gasteiger partial charge < -0.3 is 4.42 Å². The van der Waals surface area contributed by atoms with Gasteiger partial charge in [0.25, 0.3) is 0 Å². The van der Waals surface area contributed by atoms with Gasteiger partial charge in [-0.05, 0) is 31.5 Å². The molecule has 0 N–H and O–H groups in total. The minimum Gasteiger partial charge on any atom is -0.422 e. The van der Waals surface area contributed by atoms with Crippen LogP contribution in [0.25, 0.3) is 11.0 Å². The molecule has 14 heavy (non-hydrogen) atoms. The molecule has 2 nitrogen and oxygen atoms in total. The third kappa shape index (κ3) is 1.38. The van der Waals surface area contributed by atoms with Crippen LogP contribution < -0.4 is 5.63 Å². The van der Waals surface area contributed by atoms with Gasteiger partial charge in [0.1, 0.15) is 5.58 Å². The lowest BCUT2D eigenvalue weighted by Crippen LogP contribution is -1.98. The fourth-order valence-electron chi connectivity index (χ4n) is 1.49. The van der Waals surface area contributed by atoms with Crippen molar-refractivity contribution in [1.29, 1.82) is 0 Å². The summed E-state index contributed by atoms with van der Waals surface area (Å²) in [7, 11) is 0. The average Bonchev–Trinajstić information content (AvgIpc) is 2.12. The molecule has 0 fully saturated rings. The lowest BCUT2D eigenvalue weighted by Gasteiger charge is -2.04. The number of benzene rings is 1. The molecule has 72 valence electrons. The van der Waals surface area contributed by atoms with Gasteiger partial charge in [0.15, 0.2) is 0 Å². The highest BCUT2D eigenvalue weighted by molar-refractivity contribution is 9.10. The normalized spacial score (nSPS) is 10.8. The van der Waals surface area contributed by atoms with Crippen molar-refractivity contribution in [1.82, 2.24) is 0 Å². The molecule has 1 aromatic carbocycles. The highest BCUT2D eigenvalue weighted by Crippen LogP contribution is 2.26. The van der Waals surface area contributed by atoms with E-state index in [9.17, 15) is 4.79 Å². The van der Waals surface area contributed by atoms with Crippen molar-refractivity contribution in [3.05, 3.63) is 44.2 Å². The number of rotatable bonds is 0. The molecule has 1 heterocycles. The van der Waals surface area contributed by atoms with Gasteiger partial charge in [-0.1, -0.05) is 15.9 Å². The Kier molecular flexibility index (Phi) is 2.19. The van der Waals surface area contributed by atoms with Crippen LogP contribution in [0.3, 0.4) is 0 Å². The van der Waals surface area contributed by atoms with E-state index in [1.54, 1.807) is 0 Å².